The van der Waals surface area contributed by atoms with Gasteiger partial charge in [-0.25, -0.2) is 13.1 Å². The molecule has 1 aliphatic rings. The van der Waals surface area contributed by atoms with Crippen molar-refractivity contribution in [2.75, 3.05) is 11.9 Å². The quantitative estimate of drug-likeness (QED) is 0.785. The molecule has 0 unspecified atom stereocenters. The summed E-state index contributed by atoms with van der Waals surface area (Å²) in [7, 11) is -3.27. The van der Waals surface area contributed by atoms with Crippen LogP contribution in [0.5, 0.6) is 0 Å². The second-order valence-corrected chi connectivity index (χ2v) is 9.47. The first-order valence-corrected chi connectivity index (χ1v) is 10.1. The van der Waals surface area contributed by atoms with Gasteiger partial charge in [-0.05, 0) is 45.4 Å². The normalized spacial score (nSPS) is 22.8. The first-order valence-electron chi connectivity index (χ1n) is 7.73. The Morgan fingerprint density at radius 3 is 2.33 bits per heavy atom. The van der Waals surface area contributed by atoms with Crippen LogP contribution < -0.4 is 10.0 Å². The van der Waals surface area contributed by atoms with Crippen molar-refractivity contribution in [2.45, 2.75) is 57.0 Å². The fraction of sp³-hybridized carbons (Fsp3) is 0.846. The smallest absolute Gasteiger partial charge is 0.360 e. The number of halogens is 3. The monoisotopic (exact) mass is 386 g/mol. The number of sulfonamides is 1. The van der Waals surface area contributed by atoms with Crippen LogP contribution in [0.3, 0.4) is 0 Å². The molecule has 1 fully saturated rings. The molecule has 1 aliphatic carbocycles. The van der Waals surface area contributed by atoms with Gasteiger partial charge in [0.2, 0.25) is 20.2 Å². The van der Waals surface area contributed by atoms with Gasteiger partial charge in [0, 0.05) is 12.6 Å². The summed E-state index contributed by atoms with van der Waals surface area (Å²) in [6.07, 6.45) is -1.40. The molecule has 0 amide bonds. The average Bonchev–Trinajstić information content (AvgIpc) is 2.95. The lowest BCUT2D eigenvalue weighted by molar-refractivity contribution is -0.138. The van der Waals surface area contributed by atoms with Gasteiger partial charge in [-0.15, -0.1) is 10.2 Å². The van der Waals surface area contributed by atoms with Crippen molar-refractivity contribution in [1.29, 1.82) is 0 Å². The minimum atomic E-state index is -4.47. The van der Waals surface area contributed by atoms with Crippen LogP contribution >= 0.6 is 11.3 Å². The Morgan fingerprint density at radius 2 is 1.83 bits per heavy atom. The van der Waals surface area contributed by atoms with Gasteiger partial charge in [0.25, 0.3) is 0 Å². The minimum absolute atomic E-state index is 0.0630. The van der Waals surface area contributed by atoms with Crippen molar-refractivity contribution < 1.29 is 21.6 Å². The van der Waals surface area contributed by atoms with E-state index < -0.39 is 26.5 Å². The SMILES string of the molecule is CC(C)S(=O)(=O)N[C@H]1CC[C@H](CNc2nnc(C(F)(F)F)s2)CC1. The van der Waals surface area contributed by atoms with Crippen molar-refractivity contribution in [1.82, 2.24) is 14.9 Å². The molecule has 1 aromatic rings. The first kappa shape index (κ1) is 19.4. The first-order chi connectivity index (χ1) is 11.1. The van der Waals surface area contributed by atoms with Crippen molar-refractivity contribution in [3.8, 4) is 0 Å². The number of alkyl halides is 3. The Morgan fingerprint density at radius 1 is 1.21 bits per heavy atom. The van der Waals surface area contributed by atoms with Crippen LogP contribution in [0.2, 0.25) is 0 Å². The molecule has 0 bridgehead atoms. The van der Waals surface area contributed by atoms with E-state index in [4.69, 9.17) is 0 Å². The van der Waals surface area contributed by atoms with Crippen LogP contribution in [0.4, 0.5) is 18.3 Å². The molecule has 0 atom stereocenters. The zero-order valence-corrected chi connectivity index (χ0v) is 15.1. The van der Waals surface area contributed by atoms with E-state index in [9.17, 15) is 21.6 Å². The van der Waals surface area contributed by atoms with E-state index in [-0.39, 0.29) is 17.1 Å². The van der Waals surface area contributed by atoms with Crippen LogP contribution in [0.25, 0.3) is 0 Å². The van der Waals surface area contributed by atoms with E-state index in [1.54, 1.807) is 13.8 Å². The summed E-state index contributed by atoms with van der Waals surface area (Å²) in [6, 6.07) is -0.0630. The fourth-order valence-electron chi connectivity index (χ4n) is 2.49. The van der Waals surface area contributed by atoms with E-state index >= 15 is 0 Å². The summed E-state index contributed by atoms with van der Waals surface area (Å²) in [4.78, 5) is 0. The van der Waals surface area contributed by atoms with E-state index in [1.807, 2.05) is 0 Å². The van der Waals surface area contributed by atoms with Gasteiger partial charge in [0.15, 0.2) is 0 Å². The van der Waals surface area contributed by atoms with Gasteiger partial charge in [0.05, 0.1) is 5.25 Å². The minimum Gasteiger partial charge on any atom is -0.360 e. The van der Waals surface area contributed by atoms with E-state index in [0.717, 1.165) is 25.7 Å². The highest BCUT2D eigenvalue weighted by Gasteiger charge is 2.35. The highest BCUT2D eigenvalue weighted by Crippen LogP contribution is 2.33. The van der Waals surface area contributed by atoms with Crippen LogP contribution in [-0.4, -0.2) is 36.5 Å². The lowest BCUT2D eigenvalue weighted by Crippen LogP contribution is -2.41. The van der Waals surface area contributed by atoms with Crippen molar-refractivity contribution in [3.05, 3.63) is 5.01 Å². The Balaban J connectivity index is 1.76. The van der Waals surface area contributed by atoms with Gasteiger partial charge in [0.1, 0.15) is 0 Å². The molecule has 0 spiro atoms. The topological polar surface area (TPSA) is 84.0 Å². The molecule has 1 saturated carbocycles. The second kappa shape index (κ2) is 7.52. The summed E-state index contributed by atoms with van der Waals surface area (Å²) in [6.45, 7) is 3.78. The summed E-state index contributed by atoms with van der Waals surface area (Å²) in [5.74, 6) is 0.281. The fourth-order valence-corrected chi connectivity index (χ4v) is 4.08. The Labute approximate surface area is 143 Å². The van der Waals surface area contributed by atoms with Crippen LogP contribution in [0.1, 0.15) is 44.5 Å². The molecule has 2 N–H and O–H groups in total. The molecule has 24 heavy (non-hydrogen) atoms. The molecule has 1 heterocycles. The van der Waals surface area contributed by atoms with E-state index in [2.05, 4.69) is 20.2 Å². The molecule has 0 aromatic carbocycles. The number of nitrogens with zero attached hydrogens (tertiary/aromatic N) is 2. The molecular weight excluding hydrogens is 365 g/mol. The standard InChI is InChI=1S/C13H21F3N4O2S2/c1-8(2)24(21,22)20-10-5-3-9(4-6-10)7-17-12-19-18-11(23-12)13(14,15)16/h8-10,20H,3-7H2,1-2H3,(H,17,19)/t9-,10-. The highest BCUT2D eigenvalue weighted by molar-refractivity contribution is 7.90. The maximum atomic E-state index is 12.5. The van der Waals surface area contributed by atoms with Gasteiger partial charge in [-0.3, -0.25) is 0 Å². The van der Waals surface area contributed by atoms with Gasteiger partial charge in [-0.2, -0.15) is 13.2 Å². The number of anilines is 1. The largest absolute Gasteiger partial charge is 0.445 e. The number of nitrogens with one attached hydrogen (secondary N) is 2. The molecule has 0 saturated heterocycles. The van der Waals surface area contributed by atoms with Crippen molar-refractivity contribution in [3.63, 3.8) is 0 Å². The molecule has 0 radical (unpaired) electrons. The third-order valence-electron chi connectivity index (χ3n) is 4.01. The zero-order valence-electron chi connectivity index (χ0n) is 13.4. The van der Waals surface area contributed by atoms with E-state index in [0.29, 0.717) is 17.9 Å². The molecule has 0 aliphatic heterocycles. The number of aromatic nitrogens is 2. The summed E-state index contributed by atoms with van der Waals surface area (Å²) in [5, 5.41) is 8.25. The lowest BCUT2D eigenvalue weighted by Gasteiger charge is -2.29. The summed E-state index contributed by atoms with van der Waals surface area (Å²) in [5.41, 5.74) is 0. The number of rotatable bonds is 6. The molecule has 11 heteroatoms. The molecule has 2 rings (SSSR count). The maximum Gasteiger partial charge on any atom is 0.445 e. The van der Waals surface area contributed by atoms with Crippen LogP contribution in [-0.2, 0) is 16.2 Å². The van der Waals surface area contributed by atoms with Crippen molar-refractivity contribution >= 4 is 26.5 Å². The second-order valence-electron chi connectivity index (χ2n) is 6.22. The van der Waals surface area contributed by atoms with Gasteiger partial charge < -0.3 is 5.32 Å². The summed E-state index contributed by atoms with van der Waals surface area (Å²) < 4.78 is 63.8. The van der Waals surface area contributed by atoms with Crippen LogP contribution in [0.15, 0.2) is 0 Å². The lowest BCUT2D eigenvalue weighted by atomic mass is 9.86. The maximum absolute atomic E-state index is 12.5. The zero-order chi connectivity index (χ0) is 18.0. The molecule has 6 nitrogen and oxygen atoms in total. The Hall–Kier alpha value is -0.940. The number of hydrogen-bond acceptors (Lipinski definition) is 6. The van der Waals surface area contributed by atoms with Gasteiger partial charge in [-0.1, -0.05) is 11.3 Å². The predicted molar refractivity (Wildman–Crippen MR) is 86.3 cm³/mol. The third kappa shape index (κ3) is 5.28. The molecule has 138 valence electrons. The predicted octanol–water partition coefficient (Wildman–Crippen LogP) is 2.86. The van der Waals surface area contributed by atoms with Crippen LogP contribution in [0, 0.1) is 5.92 Å². The van der Waals surface area contributed by atoms with Gasteiger partial charge >= 0.3 is 6.18 Å². The highest BCUT2D eigenvalue weighted by atomic mass is 32.2. The summed E-state index contributed by atoms with van der Waals surface area (Å²) >= 11 is 0.490. The Bertz CT molecular complexity index is 638. The van der Waals surface area contributed by atoms with Crippen molar-refractivity contribution in [2.24, 2.45) is 5.92 Å². The molecular formula is C13H21F3N4O2S2. The molecule has 1 aromatic heterocycles. The number of hydrogen-bond donors (Lipinski definition) is 2. The third-order valence-corrected chi connectivity index (χ3v) is 6.84. The van der Waals surface area contributed by atoms with E-state index in [1.165, 1.54) is 0 Å². The average molecular weight is 386 g/mol. The Kier molecular flexibility index (Phi) is 6.08.